The van der Waals surface area contributed by atoms with Crippen molar-refractivity contribution in [2.24, 2.45) is 29.6 Å². The molecule has 2 heterocycles. The average molecular weight is 873 g/mol. The molecule has 1 saturated carbocycles. The first-order chi connectivity index (χ1) is 31.6. The summed E-state index contributed by atoms with van der Waals surface area (Å²) in [7, 11) is 7.92. The lowest BCUT2D eigenvalue weighted by Gasteiger charge is -2.44. The van der Waals surface area contributed by atoms with E-state index in [4.69, 9.17) is 23.7 Å². The van der Waals surface area contributed by atoms with E-state index >= 15 is 0 Å². The number of fused-ring (bicyclic) bond motifs is 4. The summed E-state index contributed by atoms with van der Waals surface area (Å²) in [6, 6.07) is 30.2. The van der Waals surface area contributed by atoms with Crippen LogP contribution in [0.4, 0.5) is 11.4 Å². The number of phenols is 1. The van der Waals surface area contributed by atoms with Gasteiger partial charge in [-0.1, -0.05) is 60.2 Å². The van der Waals surface area contributed by atoms with Crippen LogP contribution in [-0.4, -0.2) is 64.3 Å². The van der Waals surface area contributed by atoms with E-state index in [1.165, 1.54) is 23.0 Å². The van der Waals surface area contributed by atoms with Crippen molar-refractivity contribution >= 4 is 59.3 Å². The summed E-state index contributed by atoms with van der Waals surface area (Å²) < 4.78 is 27.4. The van der Waals surface area contributed by atoms with Crippen molar-refractivity contribution in [1.29, 1.82) is 0 Å². The van der Waals surface area contributed by atoms with Gasteiger partial charge in [-0.15, -0.1) is 0 Å². The average Bonchev–Trinajstić information content (AvgIpc) is 3.75. The van der Waals surface area contributed by atoms with Crippen LogP contribution in [0.15, 0.2) is 115 Å². The van der Waals surface area contributed by atoms with E-state index in [1.54, 1.807) is 64.8 Å². The third kappa shape index (κ3) is 7.58. The number of carbonyl (C=O) groups excluding carboxylic acids is 4. The van der Waals surface area contributed by atoms with E-state index < -0.39 is 41.4 Å². The Morgan fingerprint density at radius 2 is 0.985 bits per heavy atom. The predicted molar refractivity (Wildman–Crippen MR) is 247 cm³/mol. The van der Waals surface area contributed by atoms with E-state index in [-0.39, 0.29) is 36.3 Å². The minimum atomic E-state index is -0.875. The van der Waals surface area contributed by atoms with Gasteiger partial charge >= 0.3 is 0 Å². The molecule has 0 radical (unpaired) electrons. The molecule has 1 N–H and O–H groups in total. The first-order valence-corrected chi connectivity index (χ1v) is 21.4. The smallest absolute Gasteiger partial charge is 0.238 e. The molecule has 2 aliphatic heterocycles. The molecule has 12 nitrogen and oxygen atoms in total. The van der Waals surface area contributed by atoms with Gasteiger partial charge in [-0.05, 0) is 109 Å². The monoisotopic (exact) mass is 872 g/mol. The number of carbonyl (C=O) groups is 4. The number of phenolic OH excluding ortho intramolecular Hbond substituents is 1. The number of hydrogen-bond acceptors (Lipinski definition) is 10. The highest BCUT2D eigenvalue weighted by Crippen LogP contribution is 2.59. The largest absolute Gasteiger partial charge is 0.508 e. The fraction of sp³-hybridized carbons (Fsp3) is 0.245. The van der Waals surface area contributed by atoms with Gasteiger partial charge < -0.3 is 28.8 Å². The van der Waals surface area contributed by atoms with Crippen molar-refractivity contribution in [2.45, 2.75) is 18.8 Å². The highest BCUT2D eigenvalue weighted by molar-refractivity contribution is 6.24. The molecule has 6 atom stereocenters. The van der Waals surface area contributed by atoms with Gasteiger partial charge in [0.1, 0.15) is 34.5 Å². The van der Waals surface area contributed by atoms with Crippen LogP contribution in [0.25, 0.3) is 24.3 Å². The standard InChI is InChI=1S/C53H48N2O10/c1-61-36-19-24-45(64-4)32(26-36)12-6-30-8-14-34(15-9-30)54-50(57)40-22-21-39-41(48(40)52(54)59)29-43-49(47(39)42-28-38(63-3)18-23-44(42)56)53(60)55(51(43)58)35-16-10-31(11-17-35)7-13-33-27-37(62-2)20-25-46(33)65-5/h6-21,23-28,40-41,43,47-49,56H,22,29H2,1-5H3. The highest BCUT2D eigenvalue weighted by Gasteiger charge is 2.62. The van der Waals surface area contributed by atoms with Gasteiger partial charge in [-0.3, -0.25) is 29.0 Å². The molecule has 9 rings (SSSR count). The number of nitrogens with zero attached hydrogens (tertiary/aromatic N) is 2. The summed E-state index contributed by atoms with van der Waals surface area (Å²) in [5.74, 6) is -2.75. The first kappa shape index (κ1) is 42.7. The molecule has 65 heavy (non-hydrogen) atoms. The Bertz CT molecular complexity index is 2790. The maximum atomic E-state index is 14.8. The molecule has 0 bridgehead atoms. The van der Waals surface area contributed by atoms with Crippen LogP contribution in [0.2, 0.25) is 0 Å². The lowest BCUT2D eigenvalue weighted by atomic mass is 9.57. The molecular formula is C53H48N2O10. The number of amides is 4. The Hall–Kier alpha value is -7.60. The van der Waals surface area contributed by atoms with Crippen LogP contribution < -0.4 is 33.5 Å². The number of ether oxygens (including phenoxy) is 5. The second-order valence-electron chi connectivity index (χ2n) is 16.5. The van der Waals surface area contributed by atoms with E-state index in [1.807, 2.05) is 91.0 Å². The quantitative estimate of drug-likeness (QED) is 0.0735. The van der Waals surface area contributed by atoms with Crippen molar-refractivity contribution < 1.29 is 48.0 Å². The maximum Gasteiger partial charge on any atom is 0.238 e. The number of methoxy groups -OCH3 is 5. The lowest BCUT2D eigenvalue weighted by molar-refractivity contribution is -0.126. The first-order valence-electron chi connectivity index (χ1n) is 21.4. The highest BCUT2D eigenvalue weighted by atomic mass is 16.5. The Balaban J connectivity index is 1.01. The molecule has 5 aromatic rings. The third-order valence-electron chi connectivity index (χ3n) is 13.3. The molecule has 3 fully saturated rings. The molecule has 4 aliphatic rings. The molecular weight excluding hydrogens is 825 g/mol. The van der Waals surface area contributed by atoms with Gasteiger partial charge in [0.25, 0.3) is 0 Å². The Morgan fingerprint density at radius 3 is 1.49 bits per heavy atom. The van der Waals surface area contributed by atoms with Crippen LogP contribution in [0.5, 0.6) is 34.5 Å². The topological polar surface area (TPSA) is 141 Å². The van der Waals surface area contributed by atoms with Crippen molar-refractivity contribution in [3.05, 3.63) is 143 Å². The van der Waals surface area contributed by atoms with Gasteiger partial charge in [-0.2, -0.15) is 0 Å². The lowest BCUT2D eigenvalue weighted by Crippen LogP contribution is -2.43. The number of aromatic hydroxyl groups is 1. The van der Waals surface area contributed by atoms with Crippen molar-refractivity contribution in [1.82, 2.24) is 0 Å². The van der Waals surface area contributed by atoms with Gasteiger partial charge in [0.05, 0.1) is 70.6 Å². The van der Waals surface area contributed by atoms with Crippen LogP contribution >= 0.6 is 0 Å². The summed E-state index contributed by atoms with van der Waals surface area (Å²) in [5.41, 5.74) is 5.35. The van der Waals surface area contributed by atoms with Crippen LogP contribution in [0, 0.1) is 29.6 Å². The molecule has 6 unspecified atom stereocenters. The number of allylic oxidation sites excluding steroid dienone is 2. The number of hydrogen-bond donors (Lipinski definition) is 1. The SMILES string of the molecule is COc1ccc(OC)c(C=Cc2ccc(N3C(=O)C4CC=C5C(CC6C(=O)N(c7ccc(C=Cc8cc(OC)ccc8OC)cc7)C(=O)C6C5c5cc(OC)ccc5O)C4C3=O)cc2)c1. The zero-order valence-corrected chi connectivity index (χ0v) is 36.6. The molecule has 330 valence electrons. The fourth-order valence-corrected chi connectivity index (χ4v) is 10.1. The summed E-state index contributed by atoms with van der Waals surface area (Å²) in [4.78, 5) is 60.9. The van der Waals surface area contributed by atoms with E-state index in [2.05, 4.69) is 0 Å². The number of anilines is 2. The Kier molecular flexibility index (Phi) is 11.5. The molecule has 2 aliphatic carbocycles. The second-order valence-corrected chi connectivity index (χ2v) is 16.5. The number of rotatable bonds is 12. The van der Waals surface area contributed by atoms with Gasteiger partial charge in [0, 0.05) is 22.6 Å². The van der Waals surface area contributed by atoms with E-state index in [0.717, 1.165) is 27.8 Å². The minimum Gasteiger partial charge on any atom is -0.508 e. The van der Waals surface area contributed by atoms with Gasteiger partial charge in [0.2, 0.25) is 23.6 Å². The van der Waals surface area contributed by atoms with Crippen LogP contribution in [0.1, 0.15) is 46.6 Å². The maximum absolute atomic E-state index is 14.8. The van der Waals surface area contributed by atoms with Crippen LogP contribution in [0.3, 0.4) is 0 Å². The summed E-state index contributed by atoms with van der Waals surface area (Å²) >= 11 is 0. The molecule has 5 aromatic carbocycles. The Labute approximate surface area is 376 Å². The number of imide groups is 2. The zero-order valence-electron chi connectivity index (χ0n) is 36.6. The molecule has 0 spiro atoms. The molecule has 4 amide bonds. The number of benzene rings is 5. The molecule has 2 saturated heterocycles. The fourth-order valence-electron chi connectivity index (χ4n) is 10.1. The van der Waals surface area contributed by atoms with Gasteiger partial charge in [-0.25, -0.2) is 0 Å². The van der Waals surface area contributed by atoms with Crippen molar-refractivity contribution in [2.75, 3.05) is 45.3 Å². The van der Waals surface area contributed by atoms with Crippen molar-refractivity contribution in [3.63, 3.8) is 0 Å². The summed E-state index contributed by atoms with van der Waals surface area (Å²) in [5, 5.41) is 11.4. The van der Waals surface area contributed by atoms with Crippen molar-refractivity contribution in [3.8, 4) is 34.5 Å². The zero-order chi connectivity index (χ0) is 45.5. The summed E-state index contributed by atoms with van der Waals surface area (Å²) in [6.45, 7) is 0. The Morgan fingerprint density at radius 1 is 0.508 bits per heavy atom. The third-order valence-corrected chi connectivity index (χ3v) is 13.3. The summed E-state index contributed by atoms with van der Waals surface area (Å²) in [6.07, 6.45) is 10.0. The normalized spacial score (nSPS) is 22.5. The van der Waals surface area contributed by atoms with E-state index in [0.29, 0.717) is 45.7 Å². The van der Waals surface area contributed by atoms with Crippen LogP contribution in [-0.2, 0) is 19.2 Å². The predicted octanol–water partition coefficient (Wildman–Crippen LogP) is 8.82. The van der Waals surface area contributed by atoms with E-state index in [9.17, 15) is 24.3 Å². The molecule has 0 aromatic heterocycles. The second kappa shape index (κ2) is 17.5. The minimum absolute atomic E-state index is 0.0600. The van der Waals surface area contributed by atoms with Gasteiger partial charge in [0.15, 0.2) is 0 Å². The molecule has 12 heteroatoms.